The zero-order valence-corrected chi connectivity index (χ0v) is 22.5. The predicted octanol–water partition coefficient (Wildman–Crippen LogP) is 4.31. The summed E-state index contributed by atoms with van der Waals surface area (Å²) in [4.78, 5) is 19.2. The second-order valence-corrected chi connectivity index (χ2v) is 10.4. The molecular formula is C26H23FN6O7S. The van der Waals surface area contributed by atoms with Crippen LogP contribution in [0.15, 0.2) is 83.8 Å². The normalized spacial score (nSPS) is 11.4. The third kappa shape index (κ3) is 6.95. The maximum atomic E-state index is 14.5. The van der Waals surface area contributed by atoms with Crippen molar-refractivity contribution < 1.29 is 30.9 Å². The molecule has 0 spiro atoms. The smallest absolute Gasteiger partial charge is 0.487 e. The van der Waals surface area contributed by atoms with E-state index in [0.29, 0.717) is 28.6 Å². The van der Waals surface area contributed by atoms with Gasteiger partial charge >= 0.3 is 5.82 Å². The summed E-state index contributed by atoms with van der Waals surface area (Å²) in [6, 6.07) is 14.4. The summed E-state index contributed by atoms with van der Waals surface area (Å²) >= 11 is 0. The lowest BCUT2D eigenvalue weighted by atomic mass is 10.3. The highest BCUT2D eigenvalue weighted by molar-refractivity contribution is 7.89. The molecule has 15 heteroatoms. The average molecular weight is 583 g/mol. The highest BCUT2D eigenvalue weighted by Crippen LogP contribution is 2.24. The molecule has 3 aromatic heterocycles. The molecule has 0 saturated carbocycles. The van der Waals surface area contributed by atoms with Crippen LogP contribution in [0.4, 0.5) is 27.5 Å². The number of hydrogen-bond donors (Lipinski definition) is 3. The molecule has 5 aromatic rings. The molecule has 0 bridgehead atoms. The van der Waals surface area contributed by atoms with Crippen LogP contribution in [0.2, 0.25) is 0 Å². The topological polar surface area (TPSA) is 175 Å². The predicted molar refractivity (Wildman–Crippen MR) is 143 cm³/mol. The van der Waals surface area contributed by atoms with Gasteiger partial charge in [-0.05, 0) is 56.3 Å². The number of ether oxygens (including phenoxy) is 1. The number of rotatable bonds is 11. The standard InChI is InChI=1S/C26H23FN6O7S/c1-15-10-19(33-40-15)14-37-20-8-6-17(7-9-20)30-24-22(27)12-28-25(32-24)31-18-4-3-5-21(11-18)41(35,36)29-13-23-16(2)38-26(34)39-23/h3-12,29H,13-14H2,1-2H3,(H2,28,30,31,32). The van der Waals surface area contributed by atoms with E-state index in [-0.39, 0.29) is 41.3 Å². The summed E-state index contributed by atoms with van der Waals surface area (Å²) in [7, 11) is -3.98. The van der Waals surface area contributed by atoms with Gasteiger partial charge < -0.3 is 28.7 Å². The van der Waals surface area contributed by atoms with Crippen molar-refractivity contribution in [1.29, 1.82) is 0 Å². The van der Waals surface area contributed by atoms with E-state index in [1.807, 2.05) is 0 Å². The third-order valence-corrected chi connectivity index (χ3v) is 6.98. The Morgan fingerprint density at radius 3 is 2.51 bits per heavy atom. The molecule has 0 fully saturated rings. The van der Waals surface area contributed by atoms with Gasteiger partial charge in [0.25, 0.3) is 0 Å². The van der Waals surface area contributed by atoms with Gasteiger partial charge in [0, 0.05) is 17.4 Å². The summed E-state index contributed by atoms with van der Waals surface area (Å²) in [6.07, 6.45) is 0.984. The number of nitrogens with zero attached hydrogens (tertiary/aromatic N) is 3. The van der Waals surface area contributed by atoms with Gasteiger partial charge in [-0.2, -0.15) is 4.98 Å². The van der Waals surface area contributed by atoms with Crippen molar-refractivity contribution in [1.82, 2.24) is 19.8 Å². The highest BCUT2D eigenvalue weighted by atomic mass is 32.2. The van der Waals surface area contributed by atoms with Crippen molar-refractivity contribution in [3.8, 4) is 5.75 Å². The van der Waals surface area contributed by atoms with Crippen LogP contribution >= 0.6 is 0 Å². The second kappa shape index (κ2) is 11.6. The molecule has 3 heterocycles. The van der Waals surface area contributed by atoms with Crippen LogP contribution < -0.4 is 25.9 Å². The number of halogens is 1. The van der Waals surface area contributed by atoms with Crippen molar-refractivity contribution in [2.24, 2.45) is 0 Å². The molecule has 3 N–H and O–H groups in total. The van der Waals surface area contributed by atoms with Gasteiger partial charge in [0.1, 0.15) is 29.6 Å². The molecule has 0 atom stereocenters. The van der Waals surface area contributed by atoms with E-state index in [2.05, 4.69) is 30.5 Å². The van der Waals surface area contributed by atoms with Gasteiger partial charge in [0.2, 0.25) is 16.0 Å². The van der Waals surface area contributed by atoms with Crippen LogP contribution in [0.1, 0.15) is 23.0 Å². The number of nitrogens with one attached hydrogen (secondary N) is 3. The molecule has 5 rings (SSSR count). The Labute approximate surface area is 232 Å². The van der Waals surface area contributed by atoms with Crippen molar-refractivity contribution in [3.63, 3.8) is 0 Å². The maximum Gasteiger partial charge on any atom is 0.519 e. The van der Waals surface area contributed by atoms with Crippen LogP contribution in [0.3, 0.4) is 0 Å². The zero-order chi connectivity index (χ0) is 29.0. The van der Waals surface area contributed by atoms with Crippen LogP contribution in [0.25, 0.3) is 0 Å². The Morgan fingerprint density at radius 1 is 1.00 bits per heavy atom. The van der Waals surface area contributed by atoms with E-state index in [1.165, 1.54) is 25.1 Å². The van der Waals surface area contributed by atoms with Crippen molar-refractivity contribution >= 4 is 33.2 Å². The molecule has 0 unspecified atom stereocenters. The number of anilines is 4. The molecule has 0 amide bonds. The van der Waals surface area contributed by atoms with E-state index in [4.69, 9.17) is 18.1 Å². The molecule has 0 aliphatic carbocycles. The summed E-state index contributed by atoms with van der Waals surface area (Å²) in [5.41, 5.74) is 1.53. The number of sulfonamides is 1. The Hall–Kier alpha value is -5.02. The zero-order valence-electron chi connectivity index (χ0n) is 21.7. The highest BCUT2D eigenvalue weighted by Gasteiger charge is 2.18. The van der Waals surface area contributed by atoms with Gasteiger partial charge in [0.15, 0.2) is 17.4 Å². The first-order valence-corrected chi connectivity index (χ1v) is 13.5. The van der Waals surface area contributed by atoms with Gasteiger partial charge in [-0.3, -0.25) is 0 Å². The lowest BCUT2D eigenvalue weighted by molar-refractivity contribution is 0.288. The number of benzene rings is 2. The van der Waals surface area contributed by atoms with Crippen molar-refractivity contribution in [3.05, 3.63) is 100 Å². The van der Waals surface area contributed by atoms with E-state index in [1.54, 1.807) is 43.3 Å². The fourth-order valence-corrected chi connectivity index (χ4v) is 4.61. The van der Waals surface area contributed by atoms with E-state index in [0.717, 1.165) is 6.20 Å². The Kier molecular flexibility index (Phi) is 7.80. The minimum absolute atomic E-state index is 0.0232. The summed E-state index contributed by atoms with van der Waals surface area (Å²) in [5, 5.41) is 9.62. The molecular weight excluding hydrogens is 559 g/mol. The maximum absolute atomic E-state index is 14.5. The Bertz CT molecular complexity index is 1830. The molecule has 13 nitrogen and oxygen atoms in total. The fourth-order valence-electron chi connectivity index (χ4n) is 3.58. The van der Waals surface area contributed by atoms with Crippen LogP contribution in [-0.4, -0.2) is 23.5 Å². The van der Waals surface area contributed by atoms with E-state index in [9.17, 15) is 17.6 Å². The number of aromatic nitrogens is 3. The Balaban J connectivity index is 1.23. The molecule has 0 aliphatic heterocycles. The largest absolute Gasteiger partial charge is 0.519 e. The fraction of sp³-hybridized carbons (Fsp3) is 0.154. The second-order valence-electron chi connectivity index (χ2n) is 8.67. The third-order valence-electron chi connectivity index (χ3n) is 5.58. The first-order valence-electron chi connectivity index (χ1n) is 12.1. The number of hydrogen-bond acceptors (Lipinski definition) is 12. The summed E-state index contributed by atoms with van der Waals surface area (Å²) in [6.45, 7) is 3.23. The Morgan fingerprint density at radius 2 is 1.80 bits per heavy atom. The molecule has 41 heavy (non-hydrogen) atoms. The molecule has 0 radical (unpaired) electrons. The quantitative estimate of drug-likeness (QED) is 0.202. The average Bonchev–Trinajstić information content (AvgIpc) is 3.52. The van der Waals surface area contributed by atoms with Gasteiger partial charge in [-0.1, -0.05) is 11.2 Å². The lowest BCUT2D eigenvalue weighted by Crippen LogP contribution is -2.23. The van der Waals surface area contributed by atoms with Crippen molar-refractivity contribution in [2.75, 3.05) is 10.6 Å². The van der Waals surface area contributed by atoms with Crippen LogP contribution in [-0.2, 0) is 23.2 Å². The van der Waals surface area contributed by atoms with Crippen molar-refractivity contribution in [2.45, 2.75) is 31.9 Å². The van der Waals surface area contributed by atoms with Crippen LogP contribution in [0, 0.1) is 19.7 Å². The minimum Gasteiger partial charge on any atom is -0.487 e. The lowest BCUT2D eigenvalue weighted by Gasteiger charge is -2.11. The molecule has 0 saturated heterocycles. The summed E-state index contributed by atoms with van der Waals surface area (Å²) in [5.74, 6) is -0.186. The minimum atomic E-state index is -3.98. The molecule has 2 aromatic carbocycles. The number of aryl methyl sites for hydroxylation is 2. The van der Waals surface area contributed by atoms with Gasteiger partial charge in [0.05, 0.1) is 17.6 Å². The molecule has 212 valence electrons. The van der Waals surface area contributed by atoms with E-state index < -0.39 is 21.7 Å². The monoisotopic (exact) mass is 582 g/mol. The summed E-state index contributed by atoms with van der Waals surface area (Å²) < 4.78 is 62.6. The van der Waals surface area contributed by atoms with Gasteiger partial charge in [-0.15, -0.1) is 0 Å². The SMILES string of the molecule is Cc1cc(COc2ccc(Nc3nc(Nc4cccc(S(=O)(=O)NCc5oc(=O)oc5C)c4)ncc3F)cc2)no1. The first kappa shape index (κ1) is 27.5. The molecule has 0 aliphatic rings. The van der Waals surface area contributed by atoms with Gasteiger partial charge in [-0.25, -0.2) is 27.3 Å². The van der Waals surface area contributed by atoms with Crippen LogP contribution in [0.5, 0.6) is 5.75 Å². The van der Waals surface area contributed by atoms with E-state index >= 15 is 0 Å². The first-order chi connectivity index (χ1) is 19.6.